The number of anilines is 1. The quantitative estimate of drug-likeness (QED) is 0.476. The maximum atomic E-state index is 13.4. The summed E-state index contributed by atoms with van der Waals surface area (Å²) in [4.78, 5) is 16.5. The maximum Gasteiger partial charge on any atom is 0.418 e. The number of carbonyl (C=O) groups excluding carboxylic acids is 1. The average Bonchev–Trinajstić information content (AvgIpc) is 2.77. The summed E-state index contributed by atoms with van der Waals surface area (Å²) in [5.74, 6) is -0.255. The minimum Gasteiger partial charge on any atom is -0.496 e. The van der Waals surface area contributed by atoms with Crippen LogP contribution in [0.4, 0.5) is 18.9 Å². The lowest BCUT2D eigenvalue weighted by Crippen LogP contribution is -2.12. The number of halogens is 3. The second-order valence-electron chi connectivity index (χ2n) is 7.07. The Bertz CT molecular complexity index is 1050. The molecule has 0 aliphatic carbocycles. The van der Waals surface area contributed by atoms with E-state index in [-0.39, 0.29) is 28.5 Å². The lowest BCUT2D eigenvalue weighted by Gasteiger charge is -2.15. The number of aryl methyl sites for hydroxylation is 1. The van der Waals surface area contributed by atoms with Crippen molar-refractivity contribution >= 4 is 11.6 Å². The lowest BCUT2D eigenvalue weighted by molar-refractivity contribution is -0.137. The zero-order valence-electron chi connectivity index (χ0n) is 17.3. The molecule has 1 amide bonds. The van der Waals surface area contributed by atoms with Gasteiger partial charge in [-0.3, -0.25) is 9.78 Å². The van der Waals surface area contributed by atoms with Gasteiger partial charge in [-0.25, -0.2) is 0 Å². The van der Waals surface area contributed by atoms with Crippen molar-refractivity contribution in [2.24, 2.45) is 0 Å². The Morgan fingerprint density at radius 3 is 2.48 bits per heavy atom. The highest BCUT2D eigenvalue weighted by atomic mass is 19.4. The largest absolute Gasteiger partial charge is 0.496 e. The van der Waals surface area contributed by atoms with Crippen LogP contribution in [0.1, 0.15) is 41.3 Å². The molecule has 1 N–H and O–H groups in total. The van der Waals surface area contributed by atoms with E-state index in [0.717, 1.165) is 25.3 Å². The molecule has 3 aromatic rings. The fraction of sp³-hybridized carbons (Fsp3) is 0.250. The minimum atomic E-state index is -4.56. The molecule has 0 bridgehead atoms. The highest BCUT2D eigenvalue weighted by Gasteiger charge is 2.35. The number of alkyl halides is 3. The van der Waals surface area contributed by atoms with Crippen LogP contribution in [-0.4, -0.2) is 18.0 Å². The van der Waals surface area contributed by atoms with Crippen LogP contribution in [0.5, 0.6) is 5.75 Å². The first-order valence-electron chi connectivity index (χ1n) is 9.94. The minimum absolute atomic E-state index is 0.131. The van der Waals surface area contributed by atoms with Crippen LogP contribution in [0.3, 0.4) is 0 Å². The second kappa shape index (κ2) is 9.64. The molecule has 1 heterocycles. The van der Waals surface area contributed by atoms with E-state index in [1.807, 2.05) is 24.3 Å². The van der Waals surface area contributed by atoms with E-state index >= 15 is 0 Å². The molecule has 2 aromatic carbocycles. The molecule has 0 fully saturated rings. The van der Waals surface area contributed by atoms with Crippen LogP contribution < -0.4 is 10.1 Å². The van der Waals surface area contributed by atoms with Crippen molar-refractivity contribution in [3.63, 3.8) is 0 Å². The number of carbonyl (C=O) groups is 1. The van der Waals surface area contributed by atoms with Gasteiger partial charge in [-0.15, -0.1) is 0 Å². The van der Waals surface area contributed by atoms with Crippen molar-refractivity contribution in [2.75, 3.05) is 12.4 Å². The second-order valence-corrected chi connectivity index (χ2v) is 7.07. The average molecular weight is 428 g/mol. The molecule has 0 aliphatic rings. The summed E-state index contributed by atoms with van der Waals surface area (Å²) in [6.45, 7) is 2.13. The van der Waals surface area contributed by atoms with E-state index in [9.17, 15) is 18.0 Å². The fourth-order valence-corrected chi connectivity index (χ4v) is 3.22. The smallest absolute Gasteiger partial charge is 0.418 e. The zero-order chi connectivity index (χ0) is 22.4. The normalized spacial score (nSPS) is 11.3. The Morgan fingerprint density at radius 2 is 1.84 bits per heavy atom. The third-order valence-electron chi connectivity index (χ3n) is 4.86. The summed E-state index contributed by atoms with van der Waals surface area (Å²) in [5.41, 5.74) is 1.14. The Morgan fingerprint density at radius 1 is 1.10 bits per heavy atom. The van der Waals surface area contributed by atoms with Crippen molar-refractivity contribution in [3.05, 3.63) is 77.5 Å². The Balaban J connectivity index is 1.84. The molecule has 0 saturated heterocycles. The number of benzene rings is 2. The molecular formula is C24H23F3N2O2. The van der Waals surface area contributed by atoms with Gasteiger partial charge in [0.25, 0.3) is 5.91 Å². The standard InChI is InChI=1S/C24H23F3N2O2/c1-3-4-6-16-8-11-18(12-9-16)29-23(30)17-10-13-19(21(15-17)31-2)22-20(24(25,26)27)7-5-14-28-22/h5,7-15H,3-4,6H2,1-2H3,(H,29,30). The first-order chi connectivity index (χ1) is 14.8. The Kier molecular flexibility index (Phi) is 6.95. The number of hydrogen-bond donors (Lipinski definition) is 1. The number of amides is 1. The van der Waals surface area contributed by atoms with Gasteiger partial charge in [0.15, 0.2) is 0 Å². The number of rotatable bonds is 7. The van der Waals surface area contributed by atoms with Crippen LogP contribution >= 0.6 is 0 Å². The van der Waals surface area contributed by atoms with Crippen LogP contribution in [0, 0.1) is 0 Å². The molecule has 0 spiro atoms. The van der Waals surface area contributed by atoms with Gasteiger partial charge in [-0.05, 0) is 60.9 Å². The SMILES string of the molecule is CCCCc1ccc(NC(=O)c2ccc(-c3ncccc3C(F)(F)F)c(OC)c2)cc1. The van der Waals surface area contributed by atoms with Gasteiger partial charge in [-0.2, -0.15) is 13.2 Å². The number of nitrogens with one attached hydrogen (secondary N) is 1. The molecule has 0 saturated carbocycles. The molecular weight excluding hydrogens is 405 g/mol. The van der Waals surface area contributed by atoms with Crippen LogP contribution in [0.25, 0.3) is 11.3 Å². The lowest BCUT2D eigenvalue weighted by atomic mass is 10.0. The number of unbranched alkanes of at least 4 members (excludes halogenated alkanes) is 1. The van der Waals surface area contributed by atoms with Crippen LogP contribution in [0.15, 0.2) is 60.8 Å². The summed E-state index contributed by atoms with van der Waals surface area (Å²) in [6, 6.07) is 14.1. The van der Waals surface area contributed by atoms with Gasteiger partial charge in [0, 0.05) is 23.0 Å². The predicted molar refractivity (Wildman–Crippen MR) is 114 cm³/mol. The number of hydrogen-bond acceptors (Lipinski definition) is 3. The van der Waals surface area contributed by atoms with E-state index < -0.39 is 11.7 Å². The number of methoxy groups -OCH3 is 1. The Labute approximate surface area is 179 Å². The highest BCUT2D eigenvalue weighted by Crippen LogP contribution is 2.39. The van der Waals surface area contributed by atoms with Gasteiger partial charge in [0.05, 0.1) is 18.4 Å². The van der Waals surface area contributed by atoms with Crippen molar-refractivity contribution in [2.45, 2.75) is 32.4 Å². The Hall–Kier alpha value is -3.35. The number of pyridine rings is 1. The summed E-state index contributed by atoms with van der Waals surface area (Å²) < 4.78 is 45.4. The summed E-state index contributed by atoms with van der Waals surface area (Å²) in [7, 11) is 1.34. The number of ether oxygens (including phenoxy) is 1. The molecule has 1 aromatic heterocycles. The van der Waals surface area contributed by atoms with E-state index in [0.29, 0.717) is 5.69 Å². The molecule has 31 heavy (non-hydrogen) atoms. The van der Waals surface area contributed by atoms with Crippen molar-refractivity contribution in [1.29, 1.82) is 0 Å². The highest BCUT2D eigenvalue weighted by molar-refractivity contribution is 6.05. The van der Waals surface area contributed by atoms with Crippen molar-refractivity contribution < 1.29 is 22.7 Å². The third-order valence-corrected chi connectivity index (χ3v) is 4.86. The van der Waals surface area contributed by atoms with Gasteiger partial charge in [0.2, 0.25) is 0 Å². The molecule has 0 atom stereocenters. The van der Waals surface area contributed by atoms with E-state index in [1.165, 1.54) is 43.1 Å². The van der Waals surface area contributed by atoms with Gasteiger partial charge >= 0.3 is 6.18 Å². The topological polar surface area (TPSA) is 51.2 Å². The third kappa shape index (κ3) is 5.42. The van der Waals surface area contributed by atoms with E-state index in [1.54, 1.807) is 0 Å². The van der Waals surface area contributed by atoms with Gasteiger partial charge in [-0.1, -0.05) is 25.5 Å². The molecule has 0 radical (unpaired) electrons. The van der Waals surface area contributed by atoms with Crippen LogP contribution in [0.2, 0.25) is 0 Å². The van der Waals surface area contributed by atoms with Crippen molar-refractivity contribution in [1.82, 2.24) is 4.98 Å². The first-order valence-corrected chi connectivity index (χ1v) is 9.94. The predicted octanol–water partition coefficient (Wildman–Crippen LogP) is 6.37. The summed E-state index contributed by atoms with van der Waals surface area (Å²) in [6.07, 6.45) is -0.0803. The molecule has 0 unspecified atom stereocenters. The molecule has 162 valence electrons. The van der Waals surface area contributed by atoms with E-state index in [2.05, 4.69) is 17.2 Å². The molecule has 0 aliphatic heterocycles. The number of aromatic nitrogens is 1. The van der Waals surface area contributed by atoms with Gasteiger partial charge in [0.1, 0.15) is 5.75 Å². The maximum absolute atomic E-state index is 13.4. The van der Waals surface area contributed by atoms with E-state index in [4.69, 9.17) is 4.74 Å². The molecule has 4 nitrogen and oxygen atoms in total. The number of nitrogens with zero attached hydrogens (tertiary/aromatic N) is 1. The van der Waals surface area contributed by atoms with Crippen LogP contribution in [-0.2, 0) is 12.6 Å². The zero-order valence-corrected chi connectivity index (χ0v) is 17.3. The van der Waals surface area contributed by atoms with Gasteiger partial charge < -0.3 is 10.1 Å². The first kappa shape index (κ1) is 22.3. The van der Waals surface area contributed by atoms with Crippen molar-refractivity contribution in [3.8, 4) is 17.0 Å². The molecule has 7 heteroatoms. The fourth-order valence-electron chi connectivity index (χ4n) is 3.22. The monoisotopic (exact) mass is 428 g/mol. The molecule has 3 rings (SSSR count). The summed E-state index contributed by atoms with van der Waals surface area (Å²) in [5, 5.41) is 2.80. The summed E-state index contributed by atoms with van der Waals surface area (Å²) >= 11 is 0.